The van der Waals surface area contributed by atoms with Crippen LogP contribution in [0.15, 0.2) is 54.9 Å². The number of aromatic carboxylic acids is 1. The van der Waals surface area contributed by atoms with Crippen molar-refractivity contribution in [1.29, 1.82) is 0 Å². The highest BCUT2D eigenvalue weighted by Gasteiger charge is 2.18. The molecular formula is C20H23N5O3. The van der Waals surface area contributed by atoms with Crippen molar-refractivity contribution >= 4 is 11.9 Å². The molecule has 146 valence electrons. The molecule has 0 radical (unpaired) electrons. The number of aromatic nitrogens is 4. The Morgan fingerprint density at radius 3 is 2.61 bits per heavy atom. The fraction of sp³-hybridized carbons (Fsp3) is 0.300. The smallest absolute Gasteiger partial charge is 0.356 e. The number of carbonyl (C=O) groups is 2. The van der Waals surface area contributed by atoms with Crippen LogP contribution in [0.5, 0.6) is 0 Å². The first kappa shape index (κ1) is 19.3. The number of carboxylic acids is 1. The van der Waals surface area contributed by atoms with E-state index in [9.17, 15) is 9.59 Å². The molecule has 0 atom stereocenters. The number of benzene rings is 1. The van der Waals surface area contributed by atoms with Gasteiger partial charge in [0, 0.05) is 25.5 Å². The van der Waals surface area contributed by atoms with Crippen LogP contribution in [0.3, 0.4) is 0 Å². The summed E-state index contributed by atoms with van der Waals surface area (Å²) in [5.41, 5.74) is 2.03. The maximum absolute atomic E-state index is 12.9. The first-order chi connectivity index (χ1) is 13.6. The normalized spacial score (nSPS) is 10.8. The maximum atomic E-state index is 12.9. The zero-order valence-electron chi connectivity index (χ0n) is 15.7. The quantitative estimate of drug-likeness (QED) is 0.612. The second-order valence-electron chi connectivity index (χ2n) is 6.39. The highest BCUT2D eigenvalue weighted by molar-refractivity contribution is 5.85. The van der Waals surface area contributed by atoms with Gasteiger partial charge in [-0.15, -0.1) is 0 Å². The molecule has 0 aliphatic heterocycles. The molecule has 0 saturated heterocycles. The van der Waals surface area contributed by atoms with Crippen LogP contribution in [-0.4, -0.2) is 48.0 Å². The molecular weight excluding hydrogens is 358 g/mol. The van der Waals surface area contributed by atoms with E-state index < -0.39 is 5.97 Å². The third kappa shape index (κ3) is 4.85. The summed E-state index contributed by atoms with van der Waals surface area (Å²) in [6.45, 7) is 3.70. The molecule has 0 fully saturated rings. The maximum Gasteiger partial charge on any atom is 0.356 e. The Kier molecular flexibility index (Phi) is 6.21. The summed E-state index contributed by atoms with van der Waals surface area (Å²) in [4.78, 5) is 25.7. The van der Waals surface area contributed by atoms with Crippen molar-refractivity contribution < 1.29 is 14.7 Å². The fourth-order valence-corrected chi connectivity index (χ4v) is 2.98. The first-order valence-corrected chi connectivity index (χ1v) is 9.16. The molecule has 3 aromatic rings. The molecule has 3 rings (SSSR count). The Balaban J connectivity index is 1.73. The van der Waals surface area contributed by atoms with Crippen LogP contribution in [0.1, 0.15) is 28.7 Å². The Labute approximate surface area is 163 Å². The van der Waals surface area contributed by atoms with Gasteiger partial charge in [0.15, 0.2) is 5.69 Å². The lowest BCUT2D eigenvalue weighted by atomic mass is 10.1. The van der Waals surface area contributed by atoms with Gasteiger partial charge in [-0.2, -0.15) is 10.2 Å². The van der Waals surface area contributed by atoms with Gasteiger partial charge in [-0.3, -0.25) is 14.2 Å². The second-order valence-corrected chi connectivity index (χ2v) is 6.39. The van der Waals surface area contributed by atoms with Crippen LogP contribution in [0.2, 0.25) is 0 Å². The van der Waals surface area contributed by atoms with Crippen LogP contribution in [0.25, 0.3) is 0 Å². The number of hydrogen-bond donors (Lipinski definition) is 1. The zero-order valence-corrected chi connectivity index (χ0v) is 15.7. The average Bonchev–Trinajstić information content (AvgIpc) is 3.35. The minimum absolute atomic E-state index is 0.0116. The lowest BCUT2D eigenvalue weighted by molar-refractivity contribution is -0.132. The van der Waals surface area contributed by atoms with E-state index >= 15 is 0 Å². The summed E-state index contributed by atoms with van der Waals surface area (Å²) in [6.07, 6.45) is 3.96. The standard InChI is InChI=1S/C20H23N5O3/c1-2-25-17(8-11-21-25)14-23(12-9-16-6-4-3-5-7-16)19(26)15-24-13-10-18(22-24)20(27)28/h3-8,10-11,13H,2,9,12,14-15H2,1H3,(H,27,28). The summed E-state index contributed by atoms with van der Waals surface area (Å²) in [7, 11) is 0. The van der Waals surface area contributed by atoms with Crippen molar-refractivity contribution in [3.8, 4) is 0 Å². The summed E-state index contributed by atoms with van der Waals surface area (Å²) in [5, 5.41) is 17.2. The molecule has 8 nitrogen and oxygen atoms in total. The molecule has 0 unspecified atom stereocenters. The summed E-state index contributed by atoms with van der Waals surface area (Å²) in [6, 6.07) is 13.3. The summed E-state index contributed by atoms with van der Waals surface area (Å²) < 4.78 is 3.22. The lowest BCUT2D eigenvalue weighted by Crippen LogP contribution is -2.36. The van der Waals surface area contributed by atoms with Gasteiger partial charge in [-0.1, -0.05) is 30.3 Å². The number of amides is 1. The van der Waals surface area contributed by atoms with Gasteiger partial charge in [0.1, 0.15) is 6.54 Å². The van der Waals surface area contributed by atoms with E-state index in [1.165, 1.54) is 16.9 Å². The van der Waals surface area contributed by atoms with Crippen molar-refractivity contribution in [2.24, 2.45) is 0 Å². The predicted octanol–water partition coefficient (Wildman–Crippen LogP) is 2.07. The number of carbonyl (C=O) groups excluding carboxylic acids is 1. The van der Waals surface area contributed by atoms with Crippen LogP contribution in [0.4, 0.5) is 0 Å². The van der Waals surface area contributed by atoms with E-state index in [2.05, 4.69) is 10.2 Å². The molecule has 2 aromatic heterocycles. The van der Waals surface area contributed by atoms with Crippen molar-refractivity contribution in [3.05, 3.63) is 71.8 Å². The van der Waals surface area contributed by atoms with Crippen LogP contribution in [-0.2, 0) is 30.8 Å². The molecule has 0 spiro atoms. The molecule has 0 aliphatic rings. The Hall–Kier alpha value is -3.42. The van der Waals surface area contributed by atoms with Crippen molar-refractivity contribution in [2.75, 3.05) is 6.54 Å². The average molecular weight is 381 g/mol. The molecule has 2 heterocycles. The number of rotatable bonds is 9. The molecule has 1 N–H and O–H groups in total. The molecule has 8 heteroatoms. The largest absolute Gasteiger partial charge is 0.476 e. The molecule has 0 bridgehead atoms. The fourth-order valence-electron chi connectivity index (χ4n) is 2.98. The van der Waals surface area contributed by atoms with Crippen LogP contribution in [0, 0.1) is 0 Å². The second kappa shape index (κ2) is 8.98. The Morgan fingerprint density at radius 1 is 1.14 bits per heavy atom. The highest BCUT2D eigenvalue weighted by Crippen LogP contribution is 2.09. The first-order valence-electron chi connectivity index (χ1n) is 9.16. The molecule has 1 aromatic carbocycles. The van der Waals surface area contributed by atoms with Gasteiger partial charge in [-0.25, -0.2) is 4.79 Å². The van der Waals surface area contributed by atoms with E-state index in [1.54, 1.807) is 11.1 Å². The van der Waals surface area contributed by atoms with E-state index in [-0.39, 0.29) is 18.1 Å². The molecule has 0 saturated carbocycles. The molecule has 28 heavy (non-hydrogen) atoms. The number of aryl methyl sites for hydroxylation is 1. The van der Waals surface area contributed by atoms with Crippen LogP contribution >= 0.6 is 0 Å². The van der Waals surface area contributed by atoms with E-state index in [0.717, 1.165) is 24.2 Å². The Bertz CT molecular complexity index is 932. The van der Waals surface area contributed by atoms with Crippen molar-refractivity contribution in [3.63, 3.8) is 0 Å². The van der Waals surface area contributed by atoms with Gasteiger partial charge in [0.25, 0.3) is 0 Å². The van der Waals surface area contributed by atoms with E-state index in [1.807, 2.05) is 48.0 Å². The monoisotopic (exact) mass is 381 g/mol. The summed E-state index contributed by atoms with van der Waals surface area (Å²) >= 11 is 0. The van der Waals surface area contributed by atoms with E-state index in [4.69, 9.17) is 5.11 Å². The predicted molar refractivity (Wildman–Crippen MR) is 103 cm³/mol. The van der Waals surface area contributed by atoms with Crippen molar-refractivity contribution in [2.45, 2.75) is 33.0 Å². The molecule has 1 amide bonds. The van der Waals surface area contributed by atoms with Gasteiger partial charge in [0.05, 0.1) is 12.2 Å². The zero-order chi connectivity index (χ0) is 19.9. The van der Waals surface area contributed by atoms with Gasteiger partial charge >= 0.3 is 5.97 Å². The third-order valence-electron chi connectivity index (χ3n) is 4.48. The number of carboxylic acid groups (broad SMARTS) is 1. The van der Waals surface area contributed by atoms with Gasteiger partial charge in [-0.05, 0) is 31.0 Å². The minimum Gasteiger partial charge on any atom is -0.476 e. The number of nitrogens with zero attached hydrogens (tertiary/aromatic N) is 5. The van der Waals surface area contributed by atoms with Gasteiger partial charge < -0.3 is 10.0 Å². The van der Waals surface area contributed by atoms with Crippen LogP contribution < -0.4 is 0 Å². The molecule has 0 aliphatic carbocycles. The Morgan fingerprint density at radius 2 is 1.93 bits per heavy atom. The van der Waals surface area contributed by atoms with Gasteiger partial charge in [0.2, 0.25) is 5.91 Å². The van der Waals surface area contributed by atoms with Crippen molar-refractivity contribution in [1.82, 2.24) is 24.5 Å². The minimum atomic E-state index is -1.11. The topological polar surface area (TPSA) is 93.2 Å². The third-order valence-corrected chi connectivity index (χ3v) is 4.48. The highest BCUT2D eigenvalue weighted by atomic mass is 16.4. The SMILES string of the molecule is CCn1nccc1CN(CCc1ccccc1)C(=O)Cn1ccc(C(=O)O)n1. The summed E-state index contributed by atoms with van der Waals surface area (Å²) in [5.74, 6) is -1.24. The number of hydrogen-bond acceptors (Lipinski definition) is 4. The lowest BCUT2D eigenvalue weighted by Gasteiger charge is -2.23. The van der Waals surface area contributed by atoms with E-state index in [0.29, 0.717) is 13.1 Å².